The first-order valence-electron chi connectivity index (χ1n) is 8.00. The van der Waals surface area contributed by atoms with Crippen LogP contribution in [-0.4, -0.2) is 31.8 Å². The van der Waals surface area contributed by atoms with Crippen molar-refractivity contribution in [1.82, 2.24) is 4.68 Å². The lowest BCUT2D eigenvalue weighted by molar-refractivity contribution is 0.174. The van der Waals surface area contributed by atoms with Gasteiger partial charge in [-0.1, -0.05) is 0 Å². The van der Waals surface area contributed by atoms with Gasteiger partial charge in [0, 0.05) is 18.0 Å². The van der Waals surface area contributed by atoms with Gasteiger partial charge in [0.05, 0.1) is 19.0 Å². The van der Waals surface area contributed by atoms with E-state index in [1.54, 1.807) is 31.7 Å². The van der Waals surface area contributed by atoms with Crippen LogP contribution in [0.4, 0.5) is 0 Å². The summed E-state index contributed by atoms with van der Waals surface area (Å²) in [6, 6.07) is 13.6. The van der Waals surface area contributed by atoms with Crippen molar-refractivity contribution in [3.8, 4) is 28.5 Å². The van der Waals surface area contributed by atoms with Gasteiger partial charge in [0.15, 0.2) is 11.5 Å². The van der Waals surface area contributed by atoms with Crippen molar-refractivity contribution in [3.05, 3.63) is 58.2 Å². The Kier molecular flexibility index (Phi) is 4.45. The van der Waals surface area contributed by atoms with Gasteiger partial charge in [0.1, 0.15) is 5.75 Å². The minimum atomic E-state index is 0.260. The van der Waals surface area contributed by atoms with Crippen LogP contribution in [0.5, 0.6) is 17.2 Å². The van der Waals surface area contributed by atoms with Crippen molar-refractivity contribution < 1.29 is 14.2 Å². The number of rotatable bonds is 4. The Hall–Kier alpha value is -3.06. The van der Waals surface area contributed by atoms with Crippen LogP contribution in [0.25, 0.3) is 11.3 Å². The van der Waals surface area contributed by atoms with Crippen LogP contribution in [0.1, 0.15) is 5.56 Å². The molecule has 0 N–H and O–H groups in total. The molecule has 3 aromatic rings. The molecule has 6 nitrogen and oxygen atoms in total. The molecule has 0 bridgehead atoms. The quantitative estimate of drug-likeness (QED) is 0.665. The SMILES string of the molecule is CN=c1scc(-c2ccc(OC)cc2)n1N=Cc1ccc2c(c1)OCO2. The van der Waals surface area contributed by atoms with Gasteiger partial charge >= 0.3 is 0 Å². The molecule has 0 amide bonds. The van der Waals surface area contributed by atoms with Gasteiger partial charge in [-0.05, 0) is 48.0 Å². The molecule has 2 aromatic carbocycles. The lowest BCUT2D eigenvalue weighted by Crippen LogP contribution is -2.11. The lowest BCUT2D eigenvalue weighted by atomic mass is 10.2. The topological polar surface area (TPSA) is 57.3 Å². The molecule has 0 spiro atoms. The predicted octanol–water partition coefficient (Wildman–Crippen LogP) is 3.37. The summed E-state index contributed by atoms with van der Waals surface area (Å²) >= 11 is 1.54. The van der Waals surface area contributed by atoms with Gasteiger partial charge in [0.2, 0.25) is 11.6 Å². The van der Waals surface area contributed by atoms with Gasteiger partial charge in [-0.15, -0.1) is 11.3 Å². The van der Waals surface area contributed by atoms with E-state index >= 15 is 0 Å². The van der Waals surface area contributed by atoms with Crippen LogP contribution in [-0.2, 0) is 0 Å². The summed E-state index contributed by atoms with van der Waals surface area (Å²) < 4.78 is 17.8. The number of hydrogen-bond donors (Lipinski definition) is 0. The molecule has 132 valence electrons. The fourth-order valence-corrected chi connectivity index (χ4v) is 3.44. The smallest absolute Gasteiger partial charge is 0.231 e. The molecule has 7 heteroatoms. The molecule has 0 saturated carbocycles. The standard InChI is InChI=1S/C19H17N3O3S/c1-20-19-22(16(11-26-19)14-4-6-15(23-2)7-5-14)21-10-13-3-8-17-18(9-13)25-12-24-17/h3-11H,12H2,1-2H3. The van der Waals surface area contributed by atoms with E-state index in [0.717, 1.165) is 38.9 Å². The molecule has 4 rings (SSSR count). The second-order valence-corrected chi connectivity index (χ2v) is 6.36. The largest absolute Gasteiger partial charge is 0.497 e. The Balaban J connectivity index is 1.70. The third-order valence-electron chi connectivity index (χ3n) is 3.98. The van der Waals surface area contributed by atoms with Crippen molar-refractivity contribution in [1.29, 1.82) is 0 Å². The first-order valence-corrected chi connectivity index (χ1v) is 8.88. The van der Waals surface area contributed by atoms with Crippen LogP contribution in [0.2, 0.25) is 0 Å². The maximum atomic E-state index is 5.42. The summed E-state index contributed by atoms with van der Waals surface area (Å²) in [4.78, 5) is 5.13. The van der Waals surface area contributed by atoms with E-state index in [1.165, 1.54) is 0 Å². The number of methoxy groups -OCH3 is 1. The summed E-state index contributed by atoms with van der Waals surface area (Å²) in [5.74, 6) is 2.31. The molecule has 0 saturated heterocycles. The number of fused-ring (bicyclic) bond motifs is 1. The highest BCUT2D eigenvalue weighted by Gasteiger charge is 2.13. The van der Waals surface area contributed by atoms with Crippen molar-refractivity contribution in [2.75, 3.05) is 21.0 Å². The number of hydrogen-bond acceptors (Lipinski definition) is 6. The predicted molar refractivity (Wildman–Crippen MR) is 101 cm³/mol. The molecule has 0 atom stereocenters. The van der Waals surface area contributed by atoms with Gasteiger partial charge in [0.25, 0.3) is 0 Å². The van der Waals surface area contributed by atoms with Gasteiger partial charge in [-0.3, -0.25) is 4.99 Å². The minimum absolute atomic E-state index is 0.260. The molecule has 1 aromatic heterocycles. The average molecular weight is 367 g/mol. The Morgan fingerprint density at radius 1 is 1.12 bits per heavy atom. The fourth-order valence-electron chi connectivity index (χ4n) is 2.64. The molecule has 0 radical (unpaired) electrons. The third kappa shape index (κ3) is 3.09. The highest BCUT2D eigenvalue weighted by molar-refractivity contribution is 7.07. The normalized spacial score (nSPS) is 13.5. The second kappa shape index (κ2) is 7.05. The Bertz CT molecular complexity index is 1020. The zero-order valence-corrected chi connectivity index (χ0v) is 15.2. The Morgan fingerprint density at radius 2 is 1.92 bits per heavy atom. The van der Waals surface area contributed by atoms with Crippen molar-refractivity contribution in [2.45, 2.75) is 0 Å². The van der Waals surface area contributed by atoms with Crippen LogP contribution >= 0.6 is 11.3 Å². The van der Waals surface area contributed by atoms with E-state index in [-0.39, 0.29) is 6.79 Å². The molecule has 0 aliphatic carbocycles. The molecule has 0 fully saturated rings. The number of nitrogens with zero attached hydrogens (tertiary/aromatic N) is 3. The maximum Gasteiger partial charge on any atom is 0.231 e. The fraction of sp³-hybridized carbons (Fsp3) is 0.158. The third-order valence-corrected chi connectivity index (χ3v) is 4.89. The molecular formula is C19H17N3O3S. The van der Waals surface area contributed by atoms with Gasteiger partial charge in [-0.2, -0.15) is 5.10 Å². The van der Waals surface area contributed by atoms with E-state index in [1.807, 2.05) is 52.5 Å². The summed E-state index contributed by atoms with van der Waals surface area (Å²) in [7, 11) is 3.42. The van der Waals surface area contributed by atoms with E-state index < -0.39 is 0 Å². The first kappa shape index (κ1) is 16.4. The van der Waals surface area contributed by atoms with E-state index in [2.05, 4.69) is 10.1 Å². The number of ether oxygens (including phenoxy) is 3. The summed E-state index contributed by atoms with van der Waals surface area (Å²) in [5.41, 5.74) is 2.94. The average Bonchev–Trinajstić information content (AvgIpc) is 3.32. The Morgan fingerprint density at radius 3 is 2.69 bits per heavy atom. The highest BCUT2D eigenvalue weighted by Crippen LogP contribution is 2.32. The second-order valence-electron chi connectivity index (χ2n) is 5.52. The van der Waals surface area contributed by atoms with E-state index in [4.69, 9.17) is 14.2 Å². The van der Waals surface area contributed by atoms with Crippen molar-refractivity contribution in [2.24, 2.45) is 10.1 Å². The minimum Gasteiger partial charge on any atom is -0.497 e. The zero-order valence-electron chi connectivity index (χ0n) is 14.4. The zero-order chi connectivity index (χ0) is 17.9. The van der Waals surface area contributed by atoms with Crippen LogP contribution in [0, 0.1) is 0 Å². The molecule has 2 heterocycles. The highest BCUT2D eigenvalue weighted by atomic mass is 32.1. The van der Waals surface area contributed by atoms with Gasteiger partial charge in [-0.25, -0.2) is 4.68 Å². The number of benzene rings is 2. The molecular weight excluding hydrogens is 350 g/mol. The van der Waals surface area contributed by atoms with E-state index in [9.17, 15) is 0 Å². The Labute approximate surface area is 154 Å². The first-order chi connectivity index (χ1) is 12.8. The number of thiazole rings is 1. The summed E-state index contributed by atoms with van der Waals surface area (Å²) in [5, 5.41) is 6.68. The molecule has 0 unspecified atom stereocenters. The molecule has 1 aliphatic heterocycles. The lowest BCUT2D eigenvalue weighted by Gasteiger charge is -2.05. The summed E-state index contributed by atoms with van der Waals surface area (Å²) in [6.45, 7) is 0.260. The monoisotopic (exact) mass is 367 g/mol. The van der Waals surface area contributed by atoms with Gasteiger partial charge < -0.3 is 14.2 Å². The summed E-state index contributed by atoms with van der Waals surface area (Å²) in [6.07, 6.45) is 1.79. The number of aromatic nitrogens is 1. The molecule has 26 heavy (non-hydrogen) atoms. The van der Waals surface area contributed by atoms with Crippen molar-refractivity contribution >= 4 is 17.6 Å². The van der Waals surface area contributed by atoms with Crippen LogP contribution < -0.4 is 19.0 Å². The van der Waals surface area contributed by atoms with E-state index in [0.29, 0.717) is 0 Å². The maximum absolute atomic E-state index is 5.42. The van der Waals surface area contributed by atoms with Crippen LogP contribution in [0.3, 0.4) is 0 Å². The van der Waals surface area contributed by atoms with Crippen LogP contribution in [0.15, 0.2) is 57.9 Å². The molecule has 1 aliphatic rings. The van der Waals surface area contributed by atoms with Crippen molar-refractivity contribution in [3.63, 3.8) is 0 Å².